The number of aromatic nitrogens is 8. The second kappa shape index (κ2) is 12.5. The van der Waals surface area contributed by atoms with E-state index in [1.54, 1.807) is 0 Å². The summed E-state index contributed by atoms with van der Waals surface area (Å²) in [6.45, 7) is -5.66. The number of fused-ring (bicyclic) bond motifs is 2. The van der Waals surface area contributed by atoms with Gasteiger partial charge in [0.1, 0.15) is 30.5 Å². The molecule has 2 aliphatic rings. The zero-order valence-corrected chi connectivity index (χ0v) is 25.8. The number of hydrogen-bond acceptors (Lipinski definition) is 16. The fourth-order valence-electron chi connectivity index (χ4n) is 5.05. The van der Waals surface area contributed by atoms with Crippen LogP contribution >= 0.6 is 13.9 Å². The van der Waals surface area contributed by atoms with E-state index in [0.717, 1.165) is 23.5 Å². The maximum absolute atomic E-state index is 15.7. The van der Waals surface area contributed by atoms with Crippen LogP contribution in [0.4, 0.5) is 10.3 Å². The van der Waals surface area contributed by atoms with Crippen LogP contribution in [0.25, 0.3) is 22.3 Å². The van der Waals surface area contributed by atoms with Gasteiger partial charge in [-0.3, -0.25) is 28.2 Å². The van der Waals surface area contributed by atoms with Crippen molar-refractivity contribution in [1.82, 2.24) is 39.0 Å². The molecule has 0 radical (unpaired) electrons. The van der Waals surface area contributed by atoms with Gasteiger partial charge in [0.2, 0.25) is 5.95 Å². The molecule has 0 aromatic carbocycles. The molecule has 6 heterocycles. The molecule has 6 rings (SSSR count). The number of imidazole rings is 2. The van der Waals surface area contributed by atoms with Gasteiger partial charge < -0.3 is 49.2 Å². The fourth-order valence-corrected chi connectivity index (χ4v) is 7.31. The Balaban J connectivity index is 1.23. The van der Waals surface area contributed by atoms with Crippen LogP contribution in [0.5, 0.6) is 0 Å². The van der Waals surface area contributed by atoms with E-state index < -0.39 is 87.3 Å². The third-order valence-electron chi connectivity index (χ3n) is 7.02. The van der Waals surface area contributed by atoms with Crippen molar-refractivity contribution in [2.75, 3.05) is 18.9 Å². The number of hydrogen-bond donors (Lipinski definition) is 7. The number of H-pyrrole nitrogens is 2. The number of rotatable bonds is 10. The van der Waals surface area contributed by atoms with E-state index in [1.165, 1.54) is 4.57 Å². The summed E-state index contributed by atoms with van der Waals surface area (Å²) < 4.78 is 45.9. The van der Waals surface area contributed by atoms with Crippen molar-refractivity contribution < 1.29 is 47.4 Å². The second-order valence-corrected chi connectivity index (χ2v) is 14.4. The van der Waals surface area contributed by atoms with E-state index in [9.17, 15) is 29.6 Å². The highest BCUT2D eigenvalue weighted by atomic mass is 32.5. The van der Waals surface area contributed by atoms with Gasteiger partial charge in [-0.1, -0.05) is 0 Å². The number of halogens is 1. The lowest BCUT2D eigenvalue weighted by molar-refractivity contribution is -0.0543. The molecular weight excluding hydrogens is 687 g/mol. The molecule has 4 aromatic heterocycles. The molecule has 2 saturated heterocycles. The summed E-state index contributed by atoms with van der Waals surface area (Å²) in [4.78, 5) is 65.7. The van der Waals surface area contributed by atoms with Crippen molar-refractivity contribution in [3.05, 3.63) is 39.7 Å². The summed E-state index contributed by atoms with van der Waals surface area (Å²) in [7, 11) is -2.89. The van der Waals surface area contributed by atoms with Gasteiger partial charge in [-0.05, 0) is 23.6 Å². The third kappa shape index (κ3) is 6.12. The number of aliphatic hydroxyl groups excluding tert-OH is 2. The highest BCUT2D eigenvalue weighted by molar-refractivity contribution is 8.07. The van der Waals surface area contributed by atoms with Crippen LogP contribution in [-0.4, -0.2) is 109 Å². The van der Waals surface area contributed by atoms with Gasteiger partial charge in [-0.25, -0.2) is 19.3 Å². The average molecular weight is 712 g/mol. The van der Waals surface area contributed by atoms with Crippen molar-refractivity contribution in [3.63, 3.8) is 0 Å². The molecule has 4 aromatic rings. The quantitative estimate of drug-likeness (QED) is 0.0861. The number of ether oxygens (including phenoxy) is 2. The summed E-state index contributed by atoms with van der Waals surface area (Å²) in [5, 5.41) is 20.6. The summed E-state index contributed by atoms with van der Waals surface area (Å²) in [6, 6.07) is 0. The maximum atomic E-state index is 15.7. The van der Waals surface area contributed by atoms with Gasteiger partial charge in [0, 0.05) is 0 Å². The Hall–Kier alpha value is -2.63. The first-order chi connectivity index (χ1) is 21.4. The van der Waals surface area contributed by atoms with E-state index in [1.807, 2.05) is 0 Å². The van der Waals surface area contributed by atoms with Crippen LogP contribution in [0.3, 0.4) is 0 Å². The van der Waals surface area contributed by atoms with E-state index in [4.69, 9.17) is 52.4 Å². The minimum atomic E-state index is -4.34. The molecule has 10 atom stereocenters. The van der Waals surface area contributed by atoms with Crippen molar-refractivity contribution in [3.8, 4) is 0 Å². The largest absolute Gasteiger partial charge is 0.394 e. The number of nitrogens with zero attached hydrogens (tertiary/aromatic N) is 6. The van der Waals surface area contributed by atoms with Gasteiger partial charge in [0.15, 0.2) is 48.1 Å². The van der Waals surface area contributed by atoms with Crippen LogP contribution in [0, 0.1) is 0 Å². The van der Waals surface area contributed by atoms with Crippen molar-refractivity contribution in [1.29, 1.82) is 0 Å². The number of nitrogens with two attached hydrogens (primary N) is 1. The van der Waals surface area contributed by atoms with Gasteiger partial charge in [-0.2, -0.15) is 4.98 Å². The summed E-state index contributed by atoms with van der Waals surface area (Å²) in [5.74, 6) is -0.241. The van der Waals surface area contributed by atoms with E-state index in [2.05, 4.69) is 29.9 Å². The Morgan fingerprint density at radius 3 is 2.44 bits per heavy atom. The first-order valence-corrected chi connectivity index (χ1v) is 17.9. The minimum Gasteiger partial charge on any atom is -0.394 e. The lowest BCUT2D eigenvalue weighted by Crippen LogP contribution is -2.36. The topological polar surface area (TPSA) is 280 Å². The molecule has 0 spiro atoms. The Morgan fingerprint density at radius 2 is 1.76 bits per heavy atom. The molecule has 0 amide bonds. The number of anilines is 1. The summed E-state index contributed by atoms with van der Waals surface area (Å²) in [6.07, 6.45) is -8.54. The number of nitrogen functional groups attached to an aromatic ring is 1. The predicted molar refractivity (Wildman–Crippen MR) is 157 cm³/mol. The van der Waals surface area contributed by atoms with Crippen LogP contribution in [0.1, 0.15) is 12.5 Å². The monoisotopic (exact) mass is 711 g/mol. The number of alkyl halides is 1. The number of aromatic amines is 2. The van der Waals surface area contributed by atoms with Crippen LogP contribution in [0.15, 0.2) is 28.6 Å². The van der Waals surface area contributed by atoms with E-state index >= 15 is 4.39 Å². The van der Waals surface area contributed by atoms with Crippen molar-refractivity contribution in [2.45, 2.75) is 49.1 Å². The molecule has 45 heavy (non-hydrogen) atoms. The highest BCUT2D eigenvalue weighted by Crippen LogP contribution is 2.51. The molecule has 0 bridgehead atoms. The molecule has 2 fully saturated rings. The minimum absolute atomic E-state index is 0.000176. The molecule has 244 valence electrons. The smallest absolute Gasteiger partial charge is 0.325 e. The van der Waals surface area contributed by atoms with Crippen LogP contribution in [-0.2, 0) is 46.7 Å². The standard InChI is InChI=1S/C20H24FN9O11P2S2/c21-8-12(40-42(35)44)7(39-18(8)29-4-25-9-14(29)23-3-24-16(9)33)2-37-43(36,45)41-13-11(32)6(1-31)38-19(13)30-5-26-10-15(30)27-20(22)28-17(10)34/h3-8,11-13,18-19,31-32,42H,1-2H2,(H,35,44)(H,36,45)(H,23,24,33)(H3,22,27,28,34)/t6-,7-,8-,11-,12-,13-,18-,19-,43?/m1/s1. The molecule has 0 aliphatic carbocycles. The van der Waals surface area contributed by atoms with Crippen molar-refractivity contribution in [2.24, 2.45) is 0 Å². The van der Waals surface area contributed by atoms with Crippen LogP contribution < -0.4 is 16.9 Å². The summed E-state index contributed by atoms with van der Waals surface area (Å²) >= 11 is 9.91. The SMILES string of the molecule is Nc1nc2c(ncn2[C@@H]2O[C@H](CO)[C@@H](O)[C@H]2OP(O)(=S)OC[C@H]2O[C@@H](n3cnc4c(=O)[nH]cnc43)[C@H](F)[C@@H]2O[PH](O)=S)c(=O)[nH]1. The lowest BCUT2D eigenvalue weighted by atomic mass is 10.1. The molecule has 20 nitrogen and oxygen atoms in total. The molecule has 8 N–H and O–H groups in total. The van der Waals surface area contributed by atoms with Gasteiger partial charge in [-0.15, -0.1) is 0 Å². The van der Waals surface area contributed by atoms with Gasteiger partial charge in [0.05, 0.1) is 32.2 Å². The number of aliphatic hydroxyl groups is 2. The zero-order valence-electron chi connectivity index (χ0n) is 22.3. The second-order valence-electron chi connectivity index (χ2n) is 9.76. The van der Waals surface area contributed by atoms with Crippen molar-refractivity contribution >= 4 is 65.8 Å². The Kier molecular flexibility index (Phi) is 8.99. The predicted octanol–water partition coefficient (Wildman–Crippen LogP) is -2.18. The Bertz CT molecular complexity index is 1930. The third-order valence-corrected chi connectivity index (χ3v) is 9.34. The van der Waals surface area contributed by atoms with Crippen LogP contribution in [0.2, 0.25) is 0 Å². The van der Waals surface area contributed by atoms with E-state index in [0.29, 0.717) is 0 Å². The first kappa shape index (κ1) is 32.3. The first-order valence-electron chi connectivity index (χ1n) is 12.8. The Morgan fingerprint density at radius 1 is 1.09 bits per heavy atom. The Labute approximate surface area is 259 Å². The average Bonchev–Trinajstić information content (AvgIpc) is 3.73. The van der Waals surface area contributed by atoms with Gasteiger partial charge >= 0.3 is 6.72 Å². The summed E-state index contributed by atoms with van der Waals surface area (Å²) in [5.41, 5.74) is 4.18. The van der Waals surface area contributed by atoms with Gasteiger partial charge in [0.25, 0.3) is 11.1 Å². The highest BCUT2D eigenvalue weighted by Gasteiger charge is 2.51. The molecule has 2 aliphatic heterocycles. The maximum Gasteiger partial charge on any atom is 0.325 e. The molecular formula is C20H24FN9O11P2S2. The molecule has 2 unspecified atom stereocenters. The lowest BCUT2D eigenvalue weighted by Gasteiger charge is -2.27. The fraction of sp³-hybridized carbons (Fsp3) is 0.500. The zero-order chi connectivity index (χ0) is 32.2. The number of nitrogens with one attached hydrogen (secondary N) is 2. The molecule has 25 heteroatoms. The molecule has 0 saturated carbocycles. The van der Waals surface area contributed by atoms with E-state index in [-0.39, 0.29) is 28.3 Å². The normalized spacial score (nSPS) is 30.7.